The molecule has 0 saturated heterocycles. The van der Waals surface area contributed by atoms with E-state index in [1.54, 1.807) is 17.5 Å². The Bertz CT molecular complexity index is 912. The maximum absolute atomic E-state index is 11.2. The number of carbonyl (C=O) groups is 1. The highest BCUT2D eigenvalue weighted by Gasteiger charge is 2.04. The average Bonchev–Trinajstić information content (AvgIpc) is 2.89. The first-order chi connectivity index (χ1) is 11.6. The maximum Gasteiger partial charge on any atom is 0.221 e. The Morgan fingerprint density at radius 1 is 1.29 bits per heavy atom. The molecule has 0 aliphatic carbocycles. The van der Waals surface area contributed by atoms with Crippen molar-refractivity contribution in [2.24, 2.45) is 4.99 Å². The molecule has 122 valence electrons. The second-order valence-electron chi connectivity index (χ2n) is 5.41. The zero-order chi connectivity index (χ0) is 16.9. The van der Waals surface area contributed by atoms with Gasteiger partial charge in [0.2, 0.25) is 5.91 Å². The maximum atomic E-state index is 11.2. The Kier molecular flexibility index (Phi) is 4.86. The molecule has 0 fully saturated rings. The van der Waals surface area contributed by atoms with Crippen LogP contribution in [0, 0.1) is 6.92 Å². The van der Waals surface area contributed by atoms with Crippen molar-refractivity contribution in [2.45, 2.75) is 20.4 Å². The van der Waals surface area contributed by atoms with Crippen LogP contribution in [0.2, 0.25) is 0 Å². The van der Waals surface area contributed by atoms with E-state index >= 15 is 0 Å². The highest BCUT2D eigenvalue weighted by molar-refractivity contribution is 7.07. The van der Waals surface area contributed by atoms with Crippen molar-refractivity contribution in [1.29, 1.82) is 0 Å². The number of thiazole rings is 1. The summed E-state index contributed by atoms with van der Waals surface area (Å²) in [7, 11) is 0. The third-order valence-electron chi connectivity index (χ3n) is 3.43. The van der Waals surface area contributed by atoms with Gasteiger partial charge in [-0.15, -0.1) is 11.3 Å². The fraction of sp³-hybridized carbons (Fsp3) is 0.167. The van der Waals surface area contributed by atoms with Crippen molar-refractivity contribution in [3.63, 3.8) is 0 Å². The summed E-state index contributed by atoms with van der Waals surface area (Å²) in [5.41, 5.74) is 3.68. The van der Waals surface area contributed by atoms with Gasteiger partial charge in [0.1, 0.15) is 0 Å². The summed E-state index contributed by atoms with van der Waals surface area (Å²) in [6.45, 7) is 4.24. The summed E-state index contributed by atoms with van der Waals surface area (Å²) in [5.74, 6) is -0.0932. The third-order valence-corrected chi connectivity index (χ3v) is 4.41. The fourth-order valence-corrected chi connectivity index (χ4v) is 3.21. The summed E-state index contributed by atoms with van der Waals surface area (Å²) < 4.78 is 2.14. The number of aromatic nitrogens is 2. The topological polar surface area (TPSA) is 59.3 Å². The highest BCUT2D eigenvalue weighted by atomic mass is 32.1. The molecule has 0 atom stereocenters. The van der Waals surface area contributed by atoms with Crippen LogP contribution in [0.3, 0.4) is 0 Å². The van der Waals surface area contributed by atoms with Crippen LogP contribution in [0.25, 0.3) is 0 Å². The number of hydrogen-bond donors (Lipinski definition) is 1. The van der Waals surface area contributed by atoms with Crippen LogP contribution in [0.15, 0.2) is 59.0 Å². The van der Waals surface area contributed by atoms with Gasteiger partial charge in [0.25, 0.3) is 0 Å². The number of rotatable bonds is 4. The molecule has 0 aliphatic rings. The molecule has 0 spiro atoms. The molecular formula is C18H18N4OS. The quantitative estimate of drug-likeness (QED) is 0.791. The lowest BCUT2D eigenvalue weighted by molar-refractivity contribution is -0.114. The summed E-state index contributed by atoms with van der Waals surface area (Å²) in [5, 5.41) is 4.86. The molecule has 0 bridgehead atoms. The van der Waals surface area contributed by atoms with Crippen LogP contribution < -0.4 is 10.1 Å². The van der Waals surface area contributed by atoms with Gasteiger partial charge in [0.15, 0.2) is 4.80 Å². The van der Waals surface area contributed by atoms with E-state index in [0.29, 0.717) is 6.54 Å². The molecule has 3 rings (SSSR count). The summed E-state index contributed by atoms with van der Waals surface area (Å²) in [6, 6.07) is 13.4. The summed E-state index contributed by atoms with van der Waals surface area (Å²) in [4.78, 5) is 21.2. The van der Waals surface area contributed by atoms with E-state index in [1.807, 2.05) is 42.5 Å². The minimum absolute atomic E-state index is 0.0932. The molecule has 1 N–H and O–H groups in total. The second-order valence-corrected chi connectivity index (χ2v) is 6.25. The van der Waals surface area contributed by atoms with Crippen LogP contribution in [0.4, 0.5) is 11.4 Å². The molecule has 2 heterocycles. The van der Waals surface area contributed by atoms with Gasteiger partial charge in [0, 0.05) is 29.9 Å². The van der Waals surface area contributed by atoms with Crippen LogP contribution in [-0.2, 0) is 11.3 Å². The zero-order valence-electron chi connectivity index (χ0n) is 13.6. The molecule has 1 aromatic carbocycles. The van der Waals surface area contributed by atoms with Gasteiger partial charge in [-0.3, -0.25) is 9.78 Å². The van der Waals surface area contributed by atoms with E-state index in [0.717, 1.165) is 27.6 Å². The minimum atomic E-state index is -0.0932. The lowest BCUT2D eigenvalue weighted by Gasteiger charge is -2.06. The Balaban J connectivity index is 1.95. The number of amides is 1. The third kappa shape index (κ3) is 3.97. The Labute approximate surface area is 144 Å². The predicted molar refractivity (Wildman–Crippen MR) is 96.4 cm³/mol. The SMILES string of the molecule is CC(=O)Nc1cccc(N=c2scc(C)n2Cc2ccccn2)c1. The Morgan fingerprint density at radius 3 is 2.92 bits per heavy atom. The number of hydrogen-bond acceptors (Lipinski definition) is 4. The van der Waals surface area contributed by atoms with Crippen molar-refractivity contribution in [1.82, 2.24) is 9.55 Å². The molecule has 24 heavy (non-hydrogen) atoms. The van der Waals surface area contributed by atoms with Crippen molar-refractivity contribution < 1.29 is 4.79 Å². The molecule has 0 aliphatic heterocycles. The van der Waals surface area contributed by atoms with Crippen molar-refractivity contribution in [2.75, 3.05) is 5.32 Å². The van der Waals surface area contributed by atoms with Gasteiger partial charge in [0.05, 0.1) is 17.9 Å². The molecule has 0 unspecified atom stereocenters. The number of nitrogens with one attached hydrogen (secondary N) is 1. The largest absolute Gasteiger partial charge is 0.326 e. The van der Waals surface area contributed by atoms with Crippen molar-refractivity contribution in [3.8, 4) is 0 Å². The average molecular weight is 338 g/mol. The lowest BCUT2D eigenvalue weighted by Crippen LogP contribution is -2.17. The number of nitrogens with zero attached hydrogens (tertiary/aromatic N) is 3. The molecule has 0 saturated carbocycles. The number of benzene rings is 1. The van der Waals surface area contributed by atoms with Gasteiger partial charge < -0.3 is 9.88 Å². The normalized spacial score (nSPS) is 11.5. The number of anilines is 1. The summed E-state index contributed by atoms with van der Waals surface area (Å²) in [6.07, 6.45) is 1.80. The molecule has 1 amide bonds. The Hall–Kier alpha value is -2.73. The molecule has 6 heteroatoms. The lowest BCUT2D eigenvalue weighted by atomic mass is 10.3. The fourth-order valence-electron chi connectivity index (χ4n) is 2.32. The van der Waals surface area contributed by atoms with Gasteiger partial charge in [-0.05, 0) is 37.3 Å². The first kappa shape index (κ1) is 16.1. The molecule has 2 aromatic heterocycles. The second kappa shape index (κ2) is 7.23. The molecule has 5 nitrogen and oxygen atoms in total. The number of aryl methyl sites for hydroxylation is 1. The number of carbonyl (C=O) groups excluding carboxylic acids is 1. The van der Waals surface area contributed by atoms with Gasteiger partial charge in [-0.2, -0.15) is 0 Å². The Morgan fingerprint density at radius 2 is 2.17 bits per heavy atom. The van der Waals surface area contributed by atoms with E-state index in [4.69, 9.17) is 4.99 Å². The standard InChI is InChI=1S/C18H18N4OS/c1-13-12-24-18(22(13)11-17-6-3-4-9-19-17)21-16-8-5-7-15(10-16)20-14(2)23/h3-10,12H,11H2,1-2H3,(H,20,23). The smallest absolute Gasteiger partial charge is 0.221 e. The van der Waals surface area contributed by atoms with E-state index in [9.17, 15) is 4.79 Å². The van der Waals surface area contributed by atoms with E-state index < -0.39 is 0 Å². The first-order valence-corrected chi connectivity index (χ1v) is 8.47. The van der Waals surface area contributed by atoms with Crippen LogP contribution in [0.1, 0.15) is 18.3 Å². The van der Waals surface area contributed by atoms with E-state index in [1.165, 1.54) is 6.92 Å². The van der Waals surface area contributed by atoms with Crippen molar-refractivity contribution >= 4 is 28.6 Å². The van der Waals surface area contributed by atoms with E-state index in [-0.39, 0.29) is 5.91 Å². The zero-order valence-corrected chi connectivity index (χ0v) is 14.4. The van der Waals surface area contributed by atoms with Gasteiger partial charge >= 0.3 is 0 Å². The molecular weight excluding hydrogens is 320 g/mol. The van der Waals surface area contributed by atoms with Crippen LogP contribution >= 0.6 is 11.3 Å². The van der Waals surface area contributed by atoms with E-state index in [2.05, 4.69) is 27.2 Å². The molecule has 0 radical (unpaired) electrons. The monoisotopic (exact) mass is 338 g/mol. The summed E-state index contributed by atoms with van der Waals surface area (Å²) >= 11 is 1.59. The minimum Gasteiger partial charge on any atom is -0.326 e. The predicted octanol–water partition coefficient (Wildman–Crippen LogP) is 3.49. The van der Waals surface area contributed by atoms with Crippen LogP contribution in [-0.4, -0.2) is 15.5 Å². The molecule has 3 aromatic rings. The van der Waals surface area contributed by atoms with Crippen LogP contribution in [0.5, 0.6) is 0 Å². The van der Waals surface area contributed by atoms with Crippen molar-refractivity contribution in [3.05, 3.63) is 70.2 Å². The number of pyridine rings is 1. The van der Waals surface area contributed by atoms with Gasteiger partial charge in [-0.25, -0.2) is 4.99 Å². The first-order valence-electron chi connectivity index (χ1n) is 7.59. The highest BCUT2D eigenvalue weighted by Crippen LogP contribution is 2.18. The van der Waals surface area contributed by atoms with Gasteiger partial charge in [-0.1, -0.05) is 12.1 Å².